The molecule has 0 saturated carbocycles. The van der Waals surface area contributed by atoms with Gasteiger partial charge in [-0.15, -0.1) is 0 Å². The van der Waals surface area contributed by atoms with Crippen LogP contribution in [0.5, 0.6) is 0 Å². The lowest BCUT2D eigenvalue weighted by Gasteiger charge is -2.18. The standard InChI is InChI=1S/C17H17N3O2/c1-12-18-15-4-2-3-5-16(15)20(12)14-6-8-19(10-14)17(21)13-7-9-22-11-13/h2-5,7,9,11,14H,6,8,10H2,1H3/t14-/m1/s1. The Morgan fingerprint density at radius 1 is 1.32 bits per heavy atom. The molecule has 3 heterocycles. The van der Waals surface area contributed by atoms with Gasteiger partial charge in [0.1, 0.15) is 12.1 Å². The number of likely N-dealkylation sites (tertiary alicyclic amines) is 1. The molecule has 0 bridgehead atoms. The Morgan fingerprint density at radius 3 is 3.00 bits per heavy atom. The van der Waals surface area contributed by atoms with Crippen molar-refractivity contribution >= 4 is 16.9 Å². The van der Waals surface area contributed by atoms with Gasteiger partial charge >= 0.3 is 0 Å². The van der Waals surface area contributed by atoms with E-state index in [-0.39, 0.29) is 11.9 Å². The molecule has 112 valence electrons. The number of benzene rings is 1. The second kappa shape index (κ2) is 5.02. The van der Waals surface area contributed by atoms with Crippen molar-refractivity contribution in [2.75, 3.05) is 13.1 Å². The third kappa shape index (κ3) is 2.01. The highest BCUT2D eigenvalue weighted by atomic mass is 16.3. The van der Waals surface area contributed by atoms with Crippen molar-refractivity contribution in [3.63, 3.8) is 0 Å². The van der Waals surface area contributed by atoms with E-state index in [1.807, 2.05) is 30.0 Å². The van der Waals surface area contributed by atoms with Gasteiger partial charge in [0, 0.05) is 13.1 Å². The Balaban J connectivity index is 1.62. The van der Waals surface area contributed by atoms with E-state index in [1.165, 1.54) is 12.5 Å². The average Bonchev–Trinajstić information content (AvgIpc) is 3.25. The van der Waals surface area contributed by atoms with Crippen LogP contribution in [-0.2, 0) is 0 Å². The number of hydrogen-bond acceptors (Lipinski definition) is 3. The maximum atomic E-state index is 12.4. The highest BCUT2D eigenvalue weighted by Crippen LogP contribution is 2.28. The van der Waals surface area contributed by atoms with Crippen LogP contribution in [0.3, 0.4) is 0 Å². The number of fused-ring (bicyclic) bond motifs is 1. The van der Waals surface area contributed by atoms with E-state index in [4.69, 9.17) is 4.42 Å². The number of hydrogen-bond donors (Lipinski definition) is 0. The minimum atomic E-state index is 0.0401. The predicted octanol–water partition coefficient (Wildman–Crippen LogP) is 3.02. The fraction of sp³-hybridized carbons (Fsp3) is 0.294. The van der Waals surface area contributed by atoms with Crippen LogP contribution >= 0.6 is 0 Å². The first kappa shape index (κ1) is 13.1. The second-order valence-corrected chi connectivity index (χ2v) is 5.72. The predicted molar refractivity (Wildman–Crippen MR) is 82.7 cm³/mol. The lowest BCUT2D eigenvalue weighted by Crippen LogP contribution is -2.28. The molecule has 1 amide bonds. The van der Waals surface area contributed by atoms with E-state index in [9.17, 15) is 4.79 Å². The molecule has 1 fully saturated rings. The van der Waals surface area contributed by atoms with Crippen molar-refractivity contribution in [3.05, 3.63) is 54.2 Å². The van der Waals surface area contributed by atoms with Crippen molar-refractivity contribution in [2.24, 2.45) is 0 Å². The molecule has 1 aromatic carbocycles. The number of aromatic nitrogens is 2. The van der Waals surface area contributed by atoms with E-state index in [1.54, 1.807) is 6.07 Å². The molecule has 1 saturated heterocycles. The summed E-state index contributed by atoms with van der Waals surface area (Å²) in [6.07, 6.45) is 3.99. The van der Waals surface area contributed by atoms with Gasteiger partial charge < -0.3 is 13.9 Å². The van der Waals surface area contributed by atoms with Gasteiger partial charge in [0.05, 0.1) is 28.9 Å². The summed E-state index contributed by atoms with van der Waals surface area (Å²) in [6, 6.07) is 10.2. The SMILES string of the molecule is Cc1nc2ccccc2n1[C@@H]1CCN(C(=O)c2ccoc2)C1. The Kier molecular flexibility index (Phi) is 2.99. The van der Waals surface area contributed by atoms with Crippen LogP contribution in [0.25, 0.3) is 11.0 Å². The monoisotopic (exact) mass is 295 g/mol. The van der Waals surface area contributed by atoms with Crippen LogP contribution in [0.4, 0.5) is 0 Å². The maximum Gasteiger partial charge on any atom is 0.257 e. The molecule has 1 aliphatic rings. The normalized spacial score (nSPS) is 18.2. The Bertz CT molecular complexity index is 820. The summed E-state index contributed by atoms with van der Waals surface area (Å²) in [5.74, 6) is 1.04. The Morgan fingerprint density at radius 2 is 2.18 bits per heavy atom. The molecular formula is C17H17N3O2. The van der Waals surface area contributed by atoms with Crippen molar-refractivity contribution in [3.8, 4) is 0 Å². The highest BCUT2D eigenvalue weighted by Gasteiger charge is 2.30. The molecule has 0 N–H and O–H groups in total. The quantitative estimate of drug-likeness (QED) is 0.730. The Labute approximate surface area is 128 Å². The minimum absolute atomic E-state index is 0.0401. The van der Waals surface area contributed by atoms with E-state index in [0.29, 0.717) is 12.1 Å². The summed E-state index contributed by atoms with van der Waals surface area (Å²) in [7, 11) is 0. The van der Waals surface area contributed by atoms with Gasteiger partial charge in [0.2, 0.25) is 0 Å². The molecule has 5 nitrogen and oxygen atoms in total. The second-order valence-electron chi connectivity index (χ2n) is 5.72. The van der Waals surface area contributed by atoms with Crippen LogP contribution < -0.4 is 0 Å². The summed E-state index contributed by atoms with van der Waals surface area (Å²) in [6.45, 7) is 3.51. The number of amides is 1. The van der Waals surface area contributed by atoms with Gasteiger partial charge in [-0.25, -0.2) is 4.98 Å². The number of carbonyl (C=O) groups excluding carboxylic acids is 1. The van der Waals surface area contributed by atoms with Gasteiger partial charge in [0.25, 0.3) is 5.91 Å². The third-order valence-electron chi connectivity index (χ3n) is 4.36. The molecule has 0 radical (unpaired) electrons. The third-order valence-corrected chi connectivity index (χ3v) is 4.36. The fourth-order valence-electron chi connectivity index (χ4n) is 3.33. The van der Waals surface area contributed by atoms with Crippen LogP contribution in [0, 0.1) is 6.92 Å². The van der Waals surface area contributed by atoms with Gasteiger partial charge in [-0.05, 0) is 31.5 Å². The van der Waals surface area contributed by atoms with E-state index >= 15 is 0 Å². The molecule has 0 unspecified atom stereocenters. The van der Waals surface area contributed by atoms with Crippen LogP contribution in [0.15, 0.2) is 47.3 Å². The van der Waals surface area contributed by atoms with Gasteiger partial charge in [-0.2, -0.15) is 0 Å². The smallest absolute Gasteiger partial charge is 0.257 e. The first-order chi connectivity index (χ1) is 10.7. The number of rotatable bonds is 2. The number of carbonyl (C=O) groups is 1. The van der Waals surface area contributed by atoms with Gasteiger partial charge in [-0.3, -0.25) is 4.79 Å². The molecule has 5 heteroatoms. The number of nitrogens with zero attached hydrogens (tertiary/aromatic N) is 3. The summed E-state index contributed by atoms with van der Waals surface area (Å²) in [5.41, 5.74) is 2.77. The summed E-state index contributed by atoms with van der Waals surface area (Å²) in [5, 5.41) is 0. The molecule has 0 spiro atoms. The van der Waals surface area contributed by atoms with Crippen LogP contribution in [0.2, 0.25) is 0 Å². The topological polar surface area (TPSA) is 51.3 Å². The minimum Gasteiger partial charge on any atom is -0.472 e. The van der Waals surface area contributed by atoms with Crippen LogP contribution in [0.1, 0.15) is 28.6 Å². The molecule has 1 atom stereocenters. The van der Waals surface area contributed by atoms with Gasteiger partial charge in [-0.1, -0.05) is 12.1 Å². The molecule has 1 aliphatic heterocycles. The van der Waals surface area contributed by atoms with Crippen molar-refractivity contribution in [2.45, 2.75) is 19.4 Å². The van der Waals surface area contributed by atoms with Crippen molar-refractivity contribution in [1.82, 2.24) is 14.5 Å². The summed E-state index contributed by atoms with van der Waals surface area (Å²) in [4.78, 5) is 18.9. The zero-order chi connectivity index (χ0) is 15.1. The first-order valence-corrected chi connectivity index (χ1v) is 7.49. The van der Waals surface area contributed by atoms with Crippen molar-refractivity contribution < 1.29 is 9.21 Å². The average molecular weight is 295 g/mol. The van der Waals surface area contributed by atoms with Crippen LogP contribution in [-0.4, -0.2) is 33.4 Å². The largest absolute Gasteiger partial charge is 0.472 e. The van der Waals surface area contributed by atoms with Crippen molar-refractivity contribution in [1.29, 1.82) is 0 Å². The molecule has 2 aromatic heterocycles. The molecule has 4 rings (SSSR count). The first-order valence-electron chi connectivity index (χ1n) is 7.49. The van der Waals surface area contributed by atoms with E-state index in [2.05, 4.69) is 15.6 Å². The summed E-state index contributed by atoms with van der Waals surface area (Å²) < 4.78 is 7.27. The maximum absolute atomic E-state index is 12.4. The fourth-order valence-corrected chi connectivity index (χ4v) is 3.33. The molecule has 0 aliphatic carbocycles. The Hall–Kier alpha value is -2.56. The zero-order valence-corrected chi connectivity index (χ0v) is 12.4. The molecular weight excluding hydrogens is 278 g/mol. The van der Waals surface area contributed by atoms with E-state index < -0.39 is 0 Å². The lowest BCUT2D eigenvalue weighted by atomic mass is 10.2. The van der Waals surface area contributed by atoms with E-state index in [0.717, 1.165) is 29.8 Å². The molecule has 3 aromatic rings. The number of imidazole rings is 1. The van der Waals surface area contributed by atoms with Gasteiger partial charge in [0.15, 0.2) is 0 Å². The number of para-hydroxylation sites is 2. The highest BCUT2D eigenvalue weighted by molar-refractivity contribution is 5.94. The number of aryl methyl sites for hydroxylation is 1. The summed E-state index contributed by atoms with van der Waals surface area (Å²) >= 11 is 0. The zero-order valence-electron chi connectivity index (χ0n) is 12.4. The number of furan rings is 1. The lowest BCUT2D eigenvalue weighted by molar-refractivity contribution is 0.0787. The molecule has 22 heavy (non-hydrogen) atoms.